The number of aryl methyl sites for hydroxylation is 1. The number of rotatable bonds is 2. The zero-order valence-corrected chi connectivity index (χ0v) is 18.2. The van der Waals surface area contributed by atoms with Gasteiger partial charge >= 0.3 is 0 Å². The van der Waals surface area contributed by atoms with E-state index in [4.69, 9.17) is 5.10 Å². The van der Waals surface area contributed by atoms with Gasteiger partial charge in [0, 0.05) is 43.6 Å². The first-order chi connectivity index (χ1) is 15.0. The van der Waals surface area contributed by atoms with Crippen molar-refractivity contribution < 1.29 is 4.79 Å². The van der Waals surface area contributed by atoms with Gasteiger partial charge in [0.2, 0.25) is 0 Å². The van der Waals surface area contributed by atoms with E-state index in [2.05, 4.69) is 47.3 Å². The van der Waals surface area contributed by atoms with Gasteiger partial charge in [0.1, 0.15) is 0 Å². The zero-order chi connectivity index (χ0) is 21.5. The van der Waals surface area contributed by atoms with Crippen molar-refractivity contribution in [2.24, 2.45) is 5.92 Å². The molecule has 3 aliphatic heterocycles. The van der Waals surface area contributed by atoms with E-state index in [9.17, 15) is 4.79 Å². The summed E-state index contributed by atoms with van der Waals surface area (Å²) in [4.78, 5) is 21.8. The molecule has 1 fully saturated rings. The fourth-order valence-corrected chi connectivity index (χ4v) is 4.44. The standard InChI is InChI=1S/C24H28N6O/c1-16-4-5-19-6-7-20(28-9-8-25-17(2)13-28)15-29(19)24(31)11-22(16)23-10-21-12-26-18(3)14-30(21)27-23/h5-7,10-12,14-17,25H,4,8-9,13H2,1-3H3. The summed E-state index contributed by atoms with van der Waals surface area (Å²) in [5, 5.41) is 8.20. The minimum atomic E-state index is -0.0378. The fourth-order valence-electron chi connectivity index (χ4n) is 4.44. The van der Waals surface area contributed by atoms with Crippen LogP contribution < -0.4 is 5.32 Å². The maximum Gasteiger partial charge on any atom is 0.255 e. The van der Waals surface area contributed by atoms with Crippen LogP contribution in [0.5, 0.6) is 0 Å². The Labute approximate surface area is 182 Å². The molecule has 31 heavy (non-hydrogen) atoms. The Morgan fingerprint density at radius 2 is 2.03 bits per heavy atom. The van der Waals surface area contributed by atoms with Crippen molar-refractivity contribution in [1.82, 2.24) is 29.7 Å². The van der Waals surface area contributed by atoms with Crippen LogP contribution in [0, 0.1) is 12.8 Å². The molecule has 0 spiro atoms. The number of hydrogen-bond acceptors (Lipinski definition) is 5. The second-order valence-corrected chi connectivity index (χ2v) is 8.69. The average Bonchev–Trinajstić information content (AvgIpc) is 3.17. The third-order valence-electron chi connectivity index (χ3n) is 6.20. The lowest BCUT2D eigenvalue weighted by Gasteiger charge is -2.36. The number of nitrogens with zero attached hydrogens (tertiary/aromatic N) is 5. The summed E-state index contributed by atoms with van der Waals surface area (Å²) in [6.45, 7) is 9.11. The highest BCUT2D eigenvalue weighted by Gasteiger charge is 2.26. The van der Waals surface area contributed by atoms with Crippen LogP contribution in [0.4, 0.5) is 0 Å². The van der Waals surface area contributed by atoms with Gasteiger partial charge in [0.25, 0.3) is 5.91 Å². The van der Waals surface area contributed by atoms with Gasteiger partial charge < -0.3 is 10.2 Å². The van der Waals surface area contributed by atoms with Crippen LogP contribution in [0.1, 0.15) is 31.7 Å². The molecule has 2 unspecified atom stereocenters. The molecule has 1 amide bonds. The van der Waals surface area contributed by atoms with E-state index in [1.165, 1.54) is 0 Å². The Balaban J connectivity index is 1.48. The Morgan fingerprint density at radius 3 is 2.87 bits per heavy atom. The smallest absolute Gasteiger partial charge is 0.255 e. The Kier molecular flexibility index (Phi) is 4.98. The number of hydrogen-bond donors (Lipinski definition) is 1. The van der Waals surface area contributed by atoms with Crippen LogP contribution >= 0.6 is 0 Å². The molecule has 0 saturated carbocycles. The maximum atomic E-state index is 13.3. The molecule has 2 aromatic heterocycles. The molecule has 160 valence electrons. The monoisotopic (exact) mass is 416 g/mol. The summed E-state index contributed by atoms with van der Waals surface area (Å²) in [6.07, 6.45) is 14.6. The summed E-state index contributed by atoms with van der Waals surface area (Å²) in [5.41, 5.74) is 5.64. The molecule has 7 nitrogen and oxygen atoms in total. The maximum absolute atomic E-state index is 13.3. The minimum absolute atomic E-state index is 0.0378. The Bertz CT molecular complexity index is 1150. The van der Waals surface area contributed by atoms with Crippen molar-refractivity contribution >= 4 is 17.0 Å². The molecule has 0 bridgehead atoms. The summed E-state index contributed by atoms with van der Waals surface area (Å²) < 4.78 is 1.84. The van der Waals surface area contributed by atoms with Gasteiger partial charge in [-0.2, -0.15) is 5.10 Å². The topological polar surface area (TPSA) is 65.8 Å². The quantitative estimate of drug-likeness (QED) is 0.816. The first kappa shape index (κ1) is 19.8. The number of allylic oxidation sites excluding steroid dienone is 4. The van der Waals surface area contributed by atoms with Crippen molar-refractivity contribution in [3.8, 4) is 0 Å². The first-order valence-corrected chi connectivity index (χ1v) is 10.9. The highest BCUT2D eigenvalue weighted by atomic mass is 16.2. The molecule has 1 saturated heterocycles. The number of carbonyl (C=O) groups excluding carboxylic acids is 1. The second-order valence-electron chi connectivity index (χ2n) is 8.69. The summed E-state index contributed by atoms with van der Waals surface area (Å²) >= 11 is 0. The molecule has 2 atom stereocenters. The van der Waals surface area contributed by atoms with Gasteiger partial charge in [-0.1, -0.05) is 13.0 Å². The number of amides is 1. The Morgan fingerprint density at radius 1 is 1.19 bits per heavy atom. The SMILES string of the molecule is Cc1cn2nc(C3=CC(=O)N4C=C(N5CCNC(C)C5)C=CC4=CCC3C)cc2cn1. The van der Waals surface area contributed by atoms with Crippen LogP contribution in [0.25, 0.3) is 11.1 Å². The second kappa shape index (κ2) is 7.81. The molecule has 2 aromatic rings. The molecular formula is C24H28N6O. The lowest BCUT2D eigenvalue weighted by atomic mass is 9.92. The van der Waals surface area contributed by atoms with Crippen LogP contribution in [0.15, 0.2) is 60.4 Å². The lowest BCUT2D eigenvalue weighted by molar-refractivity contribution is -0.122. The molecule has 7 heteroatoms. The van der Waals surface area contributed by atoms with Crippen LogP contribution in [0.3, 0.4) is 0 Å². The van der Waals surface area contributed by atoms with Crippen molar-refractivity contribution in [1.29, 1.82) is 0 Å². The first-order valence-electron chi connectivity index (χ1n) is 10.9. The molecule has 1 N–H and O–H groups in total. The van der Waals surface area contributed by atoms with E-state index >= 15 is 0 Å². The molecule has 0 radical (unpaired) electrons. The van der Waals surface area contributed by atoms with Gasteiger partial charge in [-0.25, -0.2) is 4.52 Å². The van der Waals surface area contributed by atoms with Crippen LogP contribution in [0.2, 0.25) is 0 Å². The molecule has 0 aliphatic carbocycles. The van der Waals surface area contributed by atoms with Gasteiger partial charge in [-0.3, -0.25) is 14.7 Å². The van der Waals surface area contributed by atoms with E-state index in [1.54, 1.807) is 11.0 Å². The van der Waals surface area contributed by atoms with E-state index in [1.807, 2.05) is 36.1 Å². The zero-order valence-electron chi connectivity index (χ0n) is 18.2. The number of carbonyl (C=O) groups is 1. The third kappa shape index (κ3) is 3.81. The summed E-state index contributed by atoms with van der Waals surface area (Å²) in [6, 6.07) is 2.44. The number of fused-ring (bicyclic) bond motifs is 2. The fraction of sp³-hybridized carbons (Fsp3) is 0.375. The van der Waals surface area contributed by atoms with Crippen LogP contribution in [-0.2, 0) is 4.79 Å². The van der Waals surface area contributed by atoms with E-state index in [-0.39, 0.29) is 11.8 Å². The Hall–Kier alpha value is -3.19. The van der Waals surface area contributed by atoms with E-state index < -0.39 is 0 Å². The van der Waals surface area contributed by atoms with E-state index in [0.717, 1.165) is 59.9 Å². The van der Waals surface area contributed by atoms with Crippen molar-refractivity contribution in [3.05, 3.63) is 71.7 Å². The van der Waals surface area contributed by atoms with Crippen molar-refractivity contribution in [2.75, 3.05) is 19.6 Å². The third-order valence-corrected chi connectivity index (χ3v) is 6.20. The van der Waals surface area contributed by atoms with Gasteiger partial charge in [0.15, 0.2) is 0 Å². The highest BCUT2D eigenvalue weighted by Crippen LogP contribution is 2.31. The highest BCUT2D eigenvalue weighted by molar-refractivity contribution is 5.97. The van der Waals surface area contributed by atoms with Crippen molar-refractivity contribution in [2.45, 2.75) is 33.2 Å². The van der Waals surface area contributed by atoms with E-state index in [0.29, 0.717) is 6.04 Å². The van der Waals surface area contributed by atoms with Gasteiger partial charge in [-0.05, 0) is 50.0 Å². The van der Waals surface area contributed by atoms with Crippen LogP contribution in [-0.4, -0.2) is 56.0 Å². The van der Waals surface area contributed by atoms with Gasteiger partial charge in [0.05, 0.1) is 35.0 Å². The largest absolute Gasteiger partial charge is 0.368 e. The number of nitrogens with one attached hydrogen (secondary N) is 1. The summed E-state index contributed by atoms with van der Waals surface area (Å²) in [5.74, 6) is 0.148. The number of piperazine rings is 1. The molecule has 5 heterocycles. The normalized spacial score (nSPS) is 24.4. The molecule has 3 aliphatic rings. The average molecular weight is 417 g/mol. The molecular weight excluding hydrogens is 388 g/mol. The minimum Gasteiger partial charge on any atom is -0.368 e. The van der Waals surface area contributed by atoms with Gasteiger partial charge in [-0.15, -0.1) is 0 Å². The summed E-state index contributed by atoms with van der Waals surface area (Å²) in [7, 11) is 0. The predicted molar refractivity (Wildman–Crippen MR) is 121 cm³/mol. The molecule has 0 aromatic carbocycles. The van der Waals surface area contributed by atoms with Crippen molar-refractivity contribution in [3.63, 3.8) is 0 Å². The number of aromatic nitrogens is 3. The molecule has 5 rings (SSSR count). The predicted octanol–water partition coefficient (Wildman–Crippen LogP) is 2.88. The lowest BCUT2D eigenvalue weighted by Crippen LogP contribution is -2.48.